The van der Waals surface area contributed by atoms with Gasteiger partial charge in [0.25, 0.3) is 0 Å². The predicted molar refractivity (Wildman–Crippen MR) is 86.1 cm³/mol. The zero-order chi connectivity index (χ0) is 14.5. The average molecular weight is 282 g/mol. The summed E-state index contributed by atoms with van der Waals surface area (Å²) in [5.41, 5.74) is 1.18. The molecule has 0 aliphatic carbocycles. The first-order valence-electron chi connectivity index (χ1n) is 7.79. The molecule has 1 saturated heterocycles. The second kappa shape index (κ2) is 6.72. The topological polar surface area (TPSA) is 41.1 Å². The Morgan fingerprint density at radius 3 is 2.90 bits per heavy atom. The van der Waals surface area contributed by atoms with Crippen LogP contribution in [0, 0.1) is 0 Å². The minimum Gasteiger partial charge on any atom is -0.352 e. The zero-order valence-electron chi connectivity index (χ0n) is 12.3. The van der Waals surface area contributed by atoms with E-state index in [0.717, 1.165) is 13.0 Å². The lowest BCUT2D eigenvalue weighted by Gasteiger charge is -2.11. The molecule has 2 aromatic carbocycles. The van der Waals surface area contributed by atoms with Crippen molar-refractivity contribution in [2.75, 3.05) is 6.54 Å². The molecule has 0 saturated carbocycles. The molecule has 0 radical (unpaired) electrons. The van der Waals surface area contributed by atoms with Crippen molar-refractivity contribution >= 4 is 16.7 Å². The van der Waals surface area contributed by atoms with Crippen molar-refractivity contribution in [3.8, 4) is 0 Å². The van der Waals surface area contributed by atoms with Crippen LogP contribution < -0.4 is 10.6 Å². The monoisotopic (exact) mass is 282 g/mol. The van der Waals surface area contributed by atoms with Gasteiger partial charge in [-0.3, -0.25) is 4.79 Å². The Labute approximate surface area is 125 Å². The van der Waals surface area contributed by atoms with Gasteiger partial charge in [0.15, 0.2) is 0 Å². The van der Waals surface area contributed by atoms with Crippen LogP contribution in [0.25, 0.3) is 10.8 Å². The molecule has 1 aliphatic rings. The van der Waals surface area contributed by atoms with Crippen molar-refractivity contribution in [1.82, 2.24) is 10.6 Å². The van der Waals surface area contributed by atoms with E-state index >= 15 is 0 Å². The first-order valence-corrected chi connectivity index (χ1v) is 7.79. The molecule has 3 heteroatoms. The molecule has 21 heavy (non-hydrogen) atoms. The molecular weight excluding hydrogens is 260 g/mol. The summed E-state index contributed by atoms with van der Waals surface area (Å²) in [6.07, 6.45) is 4.00. The highest BCUT2D eigenvalue weighted by Crippen LogP contribution is 2.18. The standard InChI is InChI=1S/C18H22N2O/c21-18(11-10-16-8-4-12-19-16)20-13-15-7-3-6-14-5-1-2-9-17(14)15/h1-3,5-7,9,16,19H,4,8,10-13H2,(H,20,21). The van der Waals surface area contributed by atoms with Crippen LogP contribution in [0.3, 0.4) is 0 Å². The van der Waals surface area contributed by atoms with Crippen LogP contribution in [0.4, 0.5) is 0 Å². The molecule has 1 aliphatic heterocycles. The van der Waals surface area contributed by atoms with Crippen LogP contribution in [0.15, 0.2) is 42.5 Å². The Morgan fingerprint density at radius 2 is 2.05 bits per heavy atom. The van der Waals surface area contributed by atoms with Crippen molar-refractivity contribution in [3.63, 3.8) is 0 Å². The lowest BCUT2D eigenvalue weighted by Crippen LogP contribution is -2.27. The molecule has 2 N–H and O–H groups in total. The summed E-state index contributed by atoms with van der Waals surface area (Å²) in [7, 11) is 0. The maximum atomic E-state index is 12.0. The van der Waals surface area contributed by atoms with Gasteiger partial charge in [-0.1, -0.05) is 42.5 Å². The van der Waals surface area contributed by atoms with Gasteiger partial charge in [0.05, 0.1) is 0 Å². The van der Waals surface area contributed by atoms with Crippen molar-refractivity contribution < 1.29 is 4.79 Å². The fourth-order valence-corrected chi connectivity index (χ4v) is 3.04. The summed E-state index contributed by atoms with van der Waals surface area (Å²) < 4.78 is 0. The highest BCUT2D eigenvalue weighted by molar-refractivity contribution is 5.86. The molecule has 1 fully saturated rings. The highest BCUT2D eigenvalue weighted by atomic mass is 16.1. The van der Waals surface area contributed by atoms with Crippen molar-refractivity contribution in [1.29, 1.82) is 0 Å². The van der Waals surface area contributed by atoms with E-state index in [4.69, 9.17) is 0 Å². The van der Waals surface area contributed by atoms with E-state index in [-0.39, 0.29) is 5.91 Å². The Kier molecular flexibility index (Phi) is 4.51. The summed E-state index contributed by atoms with van der Waals surface area (Å²) in [6.45, 7) is 1.71. The van der Waals surface area contributed by atoms with E-state index in [2.05, 4.69) is 34.9 Å². The fraction of sp³-hybridized carbons (Fsp3) is 0.389. The minimum absolute atomic E-state index is 0.150. The number of carbonyl (C=O) groups excluding carboxylic acids is 1. The molecule has 2 aromatic rings. The first kappa shape index (κ1) is 14.1. The third kappa shape index (κ3) is 3.61. The van der Waals surface area contributed by atoms with E-state index in [1.807, 2.05) is 18.2 Å². The molecule has 1 heterocycles. The molecule has 1 unspecified atom stereocenters. The number of benzene rings is 2. The van der Waals surface area contributed by atoms with Crippen molar-refractivity contribution in [2.45, 2.75) is 38.3 Å². The number of rotatable bonds is 5. The van der Waals surface area contributed by atoms with Gasteiger partial charge in [0.1, 0.15) is 0 Å². The number of hydrogen-bond acceptors (Lipinski definition) is 2. The molecule has 1 atom stereocenters. The van der Waals surface area contributed by atoms with Crippen LogP contribution in [-0.4, -0.2) is 18.5 Å². The third-order valence-corrected chi connectivity index (χ3v) is 4.24. The summed E-state index contributed by atoms with van der Waals surface area (Å²) >= 11 is 0. The van der Waals surface area contributed by atoms with E-state index in [0.29, 0.717) is 19.0 Å². The largest absolute Gasteiger partial charge is 0.352 e. The predicted octanol–water partition coefficient (Wildman–Crippen LogP) is 2.99. The second-order valence-electron chi connectivity index (χ2n) is 5.75. The van der Waals surface area contributed by atoms with Gasteiger partial charge in [-0.25, -0.2) is 0 Å². The maximum absolute atomic E-state index is 12.0. The number of fused-ring (bicyclic) bond motifs is 1. The Hall–Kier alpha value is -1.87. The van der Waals surface area contributed by atoms with E-state index in [1.165, 1.54) is 29.2 Å². The fourth-order valence-electron chi connectivity index (χ4n) is 3.04. The van der Waals surface area contributed by atoms with Gasteiger partial charge in [0.2, 0.25) is 5.91 Å². The molecule has 1 amide bonds. The average Bonchev–Trinajstić information content (AvgIpc) is 3.04. The quantitative estimate of drug-likeness (QED) is 0.885. The van der Waals surface area contributed by atoms with Crippen molar-refractivity contribution in [3.05, 3.63) is 48.0 Å². The zero-order valence-corrected chi connectivity index (χ0v) is 12.3. The van der Waals surface area contributed by atoms with Gasteiger partial charge in [-0.15, -0.1) is 0 Å². The van der Waals surface area contributed by atoms with Gasteiger partial charge < -0.3 is 10.6 Å². The van der Waals surface area contributed by atoms with E-state index < -0.39 is 0 Å². The molecular formula is C18H22N2O. The summed E-state index contributed by atoms with van der Waals surface area (Å²) in [5, 5.41) is 8.92. The summed E-state index contributed by atoms with van der Waals surface area (Å²) in [4.78, 5) is 12.0. The van der Waals surface area contributed by atoms with Crippen LogP contribution >= 0.6 is 0 Å². The lowest BCUT2D eigenvalue weighted by atomic mass is 10.0. The number of carbonyl (C=O) groups is 1. The molecule has 0 bridgehead atoms. The van der Waals surface area contributed by atoms with Gasteiger partial charge >= 0.3 is 0 Å². The third-order valence-electron chi connectivity index (χ3n) is 4.24. The minimum atomic E-state index is 0.150. The van der Waals surface area contributed by atoms with E-state index in [9.17, 15) is 4.79 Å². The number of hydrogen-bond donors (Lipinski definition) is 2. The molecule has 0 aromatic heterocycles. The van der Waals surface area contributed by atoms with Crippen molar-refractivity contribution in [2.24, 2.45) is 0 Å². The lowest BCUT2D eigenvalue weighted by molar-refractivity contribution is -0.121. The first-order chi connectivity index (χ1) is 10.3. The van der Waals surface area contributed by atoms with Gasteiger partial charge in [-0.05, 0) is 42.1 Å². The Bertz CT molecular complexity index is 612. The Morgan fingerprint density at radius 1 is 1.19 bits per heavy atom. The Balaban J connectivity index is 1.54. The number of nitrogens with one attached hydrogen (secondary N) is 2. The van der Waals surface area contributed by atoms with Crippen LogP contribution in [0.5, 0.6) is 0 Å². The smallest absolute Gasteiger partial charge is 0.220 e. The summed E-state index contributed by atoms with van der Waals surface area (Å²) in [6, 6.07) is 15.1. The normalized spacial score (nSPS) is 18.0. The van der Waals surface area contributed by atoms with Gasteiger partial charge in [0, 0.05) is 19.0 Å². The number of amides is 1. The summed E-state index contributed by atoms with van der Waals surface area (Å²) in [5.74, 6) is 0.150. The highest BCUT2D eigenvalue weighted by Gasteiger charge is 2.15. The molecule has 110 valence electrons. The second-order valence-corrected chi connectivity index (χ2v) is 5.75. The SMILES string of the molecule is O=C(CCC1CCCN1)NCc1cccc2ccccc12. The molecule has 0 spiro atoms. The molecule has 3 nitrogen and oxygen atoms in total. The van der Waals surface area contributed by atoms with Crippen LogP contribution in [0.2, 0.25) is 0 Å². The maximum Gasteiger partial charge on any atom is 0.220 e. The van der Waals surface area contributed by atoms with E-state index in [1.54, 1.807) is 0 Å². The van der Waals surface area contributed by atoms with Gasteiger partial charge in [-0.2, -0.15) is 0 Å². The molecule has 3 rings (SSSR count). The van der Waals surface area contributed by atoms with Crippen LogP contribution in [0.1, 0.15) is 31.2 Å². The van der Waals surface area contributed by atoms with Crippen LogP contribution in [-0.2, 0) is 11.3 Å².